The van der Waals surface area contributed by atoms with Crippen LogP contribution in [0.25, 0.3) is 22.3 Å². The van der Waals surface area contributed by atoms with Gasteiger partial charge in [0.1, 0.15) is 30.1 Å². The van der Waals surface area contributed by atoms with E-state index in [1.807, 2.05) is 36.4 Å². The summed E-state index contributed by atoms with van der Waals surface area (Å²) in [6, 6.07) is 17.1. The Morgan fingerprint density at radius 1 is 1.00 bits per heavy atom. The number of aliphatic hydroxyl groups excluding tert-OH is 1. The summed E-state index contributed by atoms with van der Waals surface area (Å²) in [5.41, 5.74) is 1.60. The first-order chi connectivity index (χ1) is 14.2. The summed E-state index contributed by atoms with van der Waals surface area (Å²) in [6.07, 6.45) is 2.62. The van der Waals surface area contributed by atoms with Crippen LogP contribution in [-0.2, 0) is 0 Å². The van der Waals surface area contributed by atoms with E-state index in [1.54, 1.807) is 12.4 Å². The van der Waals surface area contributed by atoms with Gasteiger partial charge in [-0.1, -0.05) is 12.1 Å². The standard InChI is InChI=1S/C22H19FN4O2/c23-16-7-9-18(10-8-16)29-14-17(28)13-25-22-19-5-1-2-6-20(19)26-21(27-22)15-4-3-11-24-12-15/h1-12,17,28H,13-14H2,(H,25,26,27). The second-order valence-corrected chi connectivity index (χ2v) is 6.45. The van der Waals surface area contributed by atoms with Crippen LogP contribution >= 0.6 is 0 Å². The highest BCUT2D eigenvalue weighted by Gasteiger charge is 2.11. The number of pyridine rings is 1. The number of ether oxygens (including phenoxy) is 1. The third-order valence-corrected chi connectivity index (χ3v) is 4.28. The van der Waals surface area contributed by atoms with Crippen molar-refractivity contribution in [2.24, 2.45) is 0 Å². The van der Waals surface area contributed by atoms with E-state index in [0.29, 0.717) is 17.4 Å². The van der Waals surface area contributed by atoms with E-state index in [4.69, 9.17) is 4.74 Å². The number of hydrogen-bond donors (Lipinski definition) is 2. The van der Waals surface area contributed by atoms with Gasteiger partial charge >= 0.3 is 0 Å². The minimum Gasteiger partial charge on any atom is -0.491 e. The number of para-hydroxylation sites is 1. The summed E-state index contributed by atoms with van der Waals surface area (Å²) < 4.78 is 18.4. The molecular weight excluding hydrogens is 371 g/mol. The number of nitrogens with zero attached hydrogens (tertiary/aromatic N) is 3. The van der Waals surface area contributed by atoms with Crippen LogP contribution in [0.2, 0.25) is 0 Å². The van der Waals surface area contributed by atoms with Gasteiger partial charge in [0, 0.05) is 29.9 Å². The Morgan fingerprint density at radius 2 is 1.83 bits per heavy atom. The zero-order valence-electron chi connectivity index (χ0n) is 15.5. The predicted molar refractivity (Wildman–Crippen MR) is 109 cm³/mol. The van der Waals surface area contributed by atoms with E-state index in [9.17, 15) is 9.50 Å². The molecule has 0 radical (unpaired) electrons. The highest BCUT2D eigenvalue weighted by Crippen LogP contribution is 2.24. The molecule has 7 heteroatoms. The second-order valence-electron chi connectivity index (χ2n) is 6.45. The second kappa shape index (κ2) is 8.62. The van der Waals surface area contributed by atoms with Crippen molar-refractivity contribution in [3.63, 3.8) is 0 Å². The SMILES string of the molecule is OC(CNc1nc(-c2cccnc2)nc2ccccc12)COc1ccc(F)cc1. The predicted octanol–water partition coefficient (Wildman–Crippen LogP) is 3.68. The van der Waals surface area contributed by atoms with E-state index in [1.165, 1.54) is 24.3 Å². The molecule has 4 rings (SSSR count). The van der Waals surface area contributed by atoms with Crippen LogP contribution in [0, 0.1) is 5.82 Å². The molecule has 6 nitrogen and oxygen atoms in total. The zero-order chi connectivity index (χ0) is 20.1. The minimum absolute atomic E-state index is 0.0666. The van der Waals surface area contributed by atoms with Crippen molar-refractivity contribution in [1.82, 2.24) is 15.0 Å². The van der Waals surface area contributed by atoms with Gasteiger partial charge in [0.05, 0.1) is 5.52 Å². The molecule has 1 atom stereocenters. The van der Waals surface area contributed by atoms with E-state index in [-0.39, 0.29) is 19.0 Å². The molecule has 0 bridgehead atoms. The molecule has 2 aromatic heterocycles. The molecule has 0 spiro atoms. The monoisotopic (exact) mass is 390 g/mol. The Balaban J connectivity index is 1.48. The maximum atomic E-state index is 12.9. The maximum absolute atomic E-state index is 12.9. The van der Waals surface area contributed by atoms with E-state index in [0.717, 1.165) is 16.5 Å². The van der Waals surface area contributed by atoms with E-state index < -0.39 is 6.10 Å². The molecule has 0 aliphatic rings. The highest BCUT2D eigenvalue weighted by atomic mass is 19.1. The maximum Gasteiger partial charge on any atom is 0.163 e. The summed E-state index contributed by atoms with van der Waals surface area (Å²) in [6.45, 7) is 0.297. The van der Waals surface area contributed by atoms with Gasteiger partial charge in [0.2, 0.25) is 0 Å². The molecule has 2 N–H and O–H groups in total. The molecule has 0 fully saturated rings. The van der Waals surface area contributed by atoms with Gasteiger partial charge in [-0.3, -0.25) is 4.98 Å². The quantitative estimate of drug-likeness (QED) is 0.501. The van der Waals surface area contributed by atoms with Crippen LogP contribution in [0.4, 0.5) is 10.2 Å². The van der Waals surface area contributed by atoms with E-state index >= 15 is 0 Å². The lowest BCUT2D eigenvalue weighted by molar-refractivity contribution is 0.117. The van der Waals surface area contributed by atoms with Crippen LogP contribution in [0.3, 0.4) is 0 Å². The number of halogens is 1. The number of rotatable bonds is 7. The van der Waals surface area contributed by atoms with Gasteiger partial charge in [-0.05, 0) is 48.5 Å². The first-order valence-electron chi connectivity index (χ1n) is 9.16. The largest absolute Gasteiger partial charge is 0.491 e. The van der Waals surface area contributed by atoms with Crippen LogP contribution in [-0.4, -0.2) is 39.3 Å². The molecule has 29 heavy (non-hydrogen) atoms. The van der Waals surface area contributed by atoms with Gasteiger partial charge in [-0.15, -0.1) is 0 Å². The third-order valence-electron chi connectivity index (χ3n) is 4.28. The van der Waals surface area contributed by atoms with Crippen molar-refractivity contribution in [2.45, 2.75) is 6.10 Å². The molecule has 0 aliphatic carbocycles. The molecular formula is C22H19FN4O2. The van der Waals surface area contributed by atoms with Gasteiger partial charge in [-0.2, -0.15) is 0 Å². The Bertz CT molecular complexity index is 1090. The van der Waals surface area contributed by atoms with Gasteiger partial charge in [0.15, 0.2) is 5.82 Å². The summed E-state index contributed by atoms with van der Waals surface area (Å²) in [5.74, 6) is 1.34. The minimum atomic E-state index is -0.782. The first-order valence-corrected chi connectivity index (χ1v) is 9.16. The number of aromatic nitrogens is 3. The van der Waals surface area contributed by atoms with Crippen LogP contribution in [0.1, 0.15) is 0 Å². The first kappa shape index (κ1) is 18.8. The fraction of sp³-hybridized carbons (Fsp3) is 0.136. The molecule has 2 aromatic carbocycles. The number of anilines is 1. The summed E-state index contributed by atoms with van der Waals surface area (Å²) in [5, 5.41) is 14.3. The van der Waals surface area contributed by atoms with Crippen LogP contribution < -0.4 is 10.1 Å². The Kier molecular flexibility index (Phi) is 5.58. The fourth-order valence-corrected chi connectivity index (χ4v) is 2.83. The molecule has 0 aliphatic heterocycles. The number of aliphatic hydroxyl groups is 1. The Labute approximate surface area is 167 Å². The lowest BCUT2D eigenvalue weighted by atomic mass is 10.2. The van der Waals surface area contributed by atoms with Crippen molar-refractivity contribution in [3.05, 3.63) is 78.9 Å². The smallest absolute Gasteiger partial charge is 0.163 e. The van der Waals surface area contributed by atoms with Crippen molar-refractivity contribution >= 4 is 16.7 Å². The highest BCUT2D eigenvalue weighted by molar-refractivity contribution is 5.90. The lowest BCUT2D eigenvalue weighted by Gasteiger charge is -2.15. The molecule has 0 saturated heterocycles. The Morgan fingerprint density at radius 3 is 2.62 bits per heavy atom. The van der Waals surface area contributed by atoms with Crippen molar-refractivity contribution in [1.29, 1.82) is 0 Å². The summed E-state index contributed by atoms with van der Waals surface area (Å²) >= 11 is 0. The number of fused-ring (bicyclic) bond motifs is 1. The fourth-order valence-electron chi connectivity index (χ4n) is 2.83. The average molecular weight is 390 g/mol. The number of nitrogens with one attached hydrogen (secondary N) is 1. The number of benzene rings is 2. The molecule has 0 amide bonds. The zero-order valence-corrected chi connectivity index (χ0v) is 15.5. The summed E-state index contributed by atoms with van der Waals surface area (Å²) in [7, 11) is 0. The molecule has 146 valence electrons. The average Bonchev–Trinajstić information content (AvgIpc) is 2.77. The van der Waals surface area contributed by atoms with Crippen molar-refractivity contribution < 1.29 is 14.2 Å². The lowest BCUT2D eigenvalue weighted by Crippen LogP contribution is -2.26. The van der Waals surface area contributed by atoms with Gasteiger partial charge in [-0.25, -0.2) is 14.4 Å². The van der Waals surface area contributed by atoms with E-state index in [2.05, 4.69) is 20.3 Å². The van der Waals surface area contributed by atoms with Crippen molar-refractivity contribution in [2.75, 3.05) is 18.5 Å². The van der Waals surface area contributed by atoms with Crippen LogP contribution in [0.5, 0.6) is 5.75 Å². The van der Waals surface area contributed by atoms with Gasteiger partial charge < -0.3 is 15.2 Å². The molecule has 1 unspecified atom stereocenters. The Hall–Kier alpha value is -3.58. The number of hydrogen-bond acceptors (Lipinski definition) is 6. The molecule has 4 aromatic rings. The van der Waals surface area contributed by atoms with Crippen LogP contribution in [0.15, 0.2) is 73.1 Å². The van der Waals surface area contributed by atoms with Gasteiger partial charge in [0.25, 0.3) is 0 Å². The summed E-state index contributed by atoms with van der Waals surface area (Å²) in [4.78, 5) is 13.3. The molecule has 0 saturated carbocycles. The topological polar surface area (TPSA) is 80.2 Å². The van der Waals surface area contributed by atoms with Crippen molar-refractivity contribution in [3.8, 4) is 17.1 Å². The third kappa shape index (κ3) is 4.64. The molecule has 2 heterocycles. The normalized spacial score (nSPS) is 11.9.